The van der Waals surface area contributed by atoms with E-state index in [9.17, 15) is 0 Å². The van der Waals surface area contributed by atoms with Crippen molar-refractivity contribution in [2.45, 2.75) is 52.4 Å². The fourth-order valence-corrected chi connectivity index (χ4v) is 9.04. The molecule has 0 aliphatic carbocycles. The van der Waals surface area contributed by atoms with Crippen LogP contribution in [0.15, 0.2) is 170 Å². The van der Waals surface area contributed by atoms with Crippen LogP contribution in [0.2, 0.25) is 0 Å². The number of hydrogen-bond acceptors (Lipinski definition) is 4. The lowest BCUT2D eigenvalue weighted by molar-refractivity contribution is 0.590. The Balaban J connectivity index is 1.04. The van der Waals surface area contributed by atoms with Crippen molar-refractivity contribution in [3.63, 3.8) is 0 Å². The van der Waals surface area contributed by atoms with Gasteiger partial charge in [0.05, 0.1) is 28.4 Å². The third-order valence-corrected chi connectivity index (χ3v) is 12.3. The first kappa shape index (κ1) is 36.8. The van der Waals surface area contributed by atoms with Gasteiger partial charge in [0.15, 0.2) is 0 Å². The fourth-order valence-electron chi connectivity index (χ4n) is 8.47. The molecule has 0 radical (unpaired) electrons. The van der Waals surface area contributed by atoms with E-state index < -0.39 is 0 Å². The lowest BCUT2D eigenvalue weighted by Crippen LogP contribution is -2.10. The molecule has 2 aromatic heterocycles. The zero-order valence-corrected chi connectivity index (χ0v) is 35.2. The molecule has 0 atom stereocenters. The number of benzene rings is 8. The van der Waals surface area contributed by atoms with Gasteiger partial charge in [0.1, 0.15) is 11.0 Å². The fraction of sp³-hybridized carbons (Fsp3) is 0.148. The Morgan fingerprint density at radius 3 is 1.66 bits per heavy atom. The van der Waals surface area contributed by atoms with Gasteiger partial charge in [0.2, 0.25) is 0 Å². The molecule has 0 aliphatic rings. The van der Waals surface area contributed by atoms with Crippen LogP contribution in [0.1, 0.15) is 52.7 Å². The maximum Gasteiger partial charge on any atom is 0.129 e. The predicted octanol–water partition coefficient (Wildman–Crippen LogP) is 15.3. The summed E-state index contributed by atoms with van der Waals surface area (Å²) in [7, 11) is 0. The zero-order valence-electron chi connectivity index (χ0n) is 34.4. The molecule has 4 nitrogen and oxygen atoms in total. The zero-order chi connectivity index (χ0) is 40.5. The van der Waals surface area contributed by atoms with Crippen molar-refractivity contribution in [3.05, 3.63) is 181 Å². The number of anilines is 3. The molecule has 2 heterocycles. The summed E-state index contributed by atoms with van der Waals surface area (Å²) in [6.45, 7) is 13.7. The summed E-state index contributed by atoms with van der Waals surface area (Å²) in [6.07, 6.45) is 0. The van der Waals surface area contributed by atoms with Gasteiger partial charge >= 0.3 is 0 Å². The quantitative estimate of drug-likeness (QED) is 0.168. The average molecular weight is 783 g/mol. The first-order chi connectivity index (χ1) is 28.5. The molecule has 10 rings (SSSR count). The first-order valence-corrected chi connectivity index (χ1v) is 21.1. The van der Waals surface area contributed by atoms with Crippen molar-refractivity contribution in [1.82, 2.24) is 13.3 Å². The summed E-state index contributed by atoms with van der Waals surface area (Å²) in [4.78, 5) is 2.29. The Hall–Kier alpha value is -6.56. The molecule has 0 saturated carbocycles. The minimum Gasteiger partial charge on any atom is -0.309 e. The second-order valence-electron chi connectivity index (χ2n) is 17.7. The van der Waals surface area contributed by atoms with Crippen LogP contribution in [0, 0.1) is 0 Å². The van der Waals surface area contributed by atoms with E-state index in [0.29, 0.717) is 0 Å². The molecule has 0 spiro atoms. The van der Waals surface area contributed by atoms with Crippen LogP contribution >= 0.6 is 11.7 Å². The van der Waals surface area contributed by atoms with Gasteiger partial charge in [-0.2, -0.15) is 8.75 Å². The van der Waals surface area contributed by atoms with E-state index in [-0.39, 0.29) is 10.8 Å². The van der Waals surface area contributed by atoms with Crippen molar-refractivity contribution in [2.24, 2.45) is 0 Å². The van der Waals surface area contributed by atoms with Crippen LogP contribution in [-0.2, 0) is 10.8 Å². The number of aromatic nitrogens is 3. The second kappa shape index (κ2) is 14.1. The maximum atomic E-state index is 4.93. The Bertz CT molecular complexity index is 3090. The van der Waals surface area contributed by atoms with Crippen molar-refractivity contribution < 1.29 is 0 Å². The first-order valence-electron chi connectivity index (χ1n) is 20.4. The maximum absolute atomic E-state index is 4.93. The van der Waals surface area contributed by atoms with Gasteiger partial charge < -0.3 is 9.47 Å². The van der Waals surface area contributed by atoms with E-state index in [1.165, 1.54) is 66.6 Å². The number of hydrogen-bond donors (Lipinski definition) is 0. The van der Waals surface area contributed by atoms with Crippen LogP contribution in [0.5, 0.6) is 0 Å². The van der Waals surface area contributed by atoms with E-state index in [2.05, 4.69) is 221 Å². The Kier molecular flexibility index (Phi) is 8.77. The van der Waals surface area contributed by atoms with Crippen LogP contribution in [0.4, 0.5) is 17.1 Å². The summed E-state index contributed by atoms with van der Waals surface area (Å²) < 4.78 is 12.3. The molecule has 5 heteroatoms. The lowest BCUT2D eigenvalue weighted by Gasteiger charge is -2.26. The molecule has 0 aliphatic heterocycles. The Labute approximate surface area is 350 Å². The van der Waals surface area contributed by atoms with Gasteiger partial charge in [0, 0.05) is 33.4 Å². The largest absolute Gasteiger partial charge is 0.309 e. The number of nitrogens with zero attached hydrogens (tertiary/aromatic N) is 4. The monoisotopic (exact) mass is 782 g/mol. The summed E-state index contributed by atoms with van der Waals surface area (Å²) in [5.74, 6) is 0. The van der Waals surface area contributed by atoms with Crippen molar-refractivity contribution in [2.75, 3.05) is 4.90 Å². The lowest BCUT2D eigenvalue weighted by atomic mass is 9.85. The number of fused-ring (bicyclic) bond motifs is 5. The molecule has 8 aromatic carbocycles. The van der Waals surface area contributed by atoms with E-state index in [1.807, 2.05) is 0 Å². The van der Waals surface area contributed by atoms with E-state index >= 15 is 0 Å². The smallest absolute Gasteiger partial charge is 0.129 e. The molecule has 0 fully saturated rings. The van der Waals surface area contributed by atoms with E-state index in [4.69, 9.17) is 8.75 Å². The van der Waals surface area contributed by atoms with Gasteiger partial charge in [0.25, 0.3) is 0 Å². The van der Waals surface area contributed by atoms with Crippen molar-refractivity contribution >= 4 is 72.4 Å². The van der Waals surface area contributed by atoms with Crippen molar-refractivity contribution in [3.8, 4) is 27.9 Å². The van der Waals surface area contributed by atoms with Gasteiger partial charge in [-0.05, 0) is 128 Å². The number of rotatable bonds is 6. The van der Waals surface area contributed by atoms with E-state index in [0.717, 1.165) is 44.9 Å². The van der Waals surface area contributed by atoms with Gasteiger partial charge in [-0.1, -0.05) is 133 Å². The standard InChI is InChI=1S/C54H46N4S/c1-53(2,3)40-22-29-48-46(33-40)47-34-41(54(4,5)6)23-30-49(47)58(48)44-26-20-37(21-27-44)45-28-31-50(52-51(45)55-59-56-52)57(42-14-8-7-9-15-42)43-24-18-36(19-25-43)39-17-16-35-12-10-11-13-38(35)32-39/h7-34H,1-6H3. The summed E-state index contributed by atoms with van der Waals surface area (Å²) >= 11 is 1.26. The molecule has 10 aromatic rings. The minimum absolute atomic E-state index is 0.0541. The predicted molar refractivity (Wildman–Crippen MR) is 252 cm³/mol. The normalized spacial score (nSPS) is 12.2. The summed E-state index contributed by atoms with van der Waals surface area (Å²) in [5.41, 5.74) is 15.8. The van der Waals surface area contributed by atoms with Crippen LogP contribution in [0.3, 0.4) is 0 Å². The molecule has 0 N–H and O–H groups in total. The number of para-hydroxylation sites is 1. The topological polar surface area (TPSA) is 34.0 Å². The molecule has 0 bridgehead atoms. The van der Waals surface area contributed by atoms with Gasteiger partial charge in [-0.3, -0.25) is 0 Å². The highest BCUT2D eigenvalue weighted by Gasteiger charge is 2.23. The highest BCUT2D eigenvalue weighted by atomic mass is 32.1. The van der Waals surface area contributed by atoms with Crippen LogP contribution in [0.25, 0.3) is 71.6 Å². The van der Waals surface area contributed by atoms with Crippen LogP contribution < -0.4 is 4.90 Å². The van der Waals surface area contributed by atoms with Gasteiger partial charge in [-0.15, -0.1) is 0 Å². The molecule has 0 amide bonds. The summed E-state index contributed by atoms with van der Waals surface area (Å²) in [5, 5.41) is 5.07. The Morgan fingerprint density at radius 1 is 0.458 bits per heavy atom. The average Bonchev–Trinajstić information content (AvgIpc) is 3.87. The third-order valence-electron chi connectivity index (χ3n) is 11.8. The highest BCUT2D eigenvalue weighted by molar-refractivity contribution is 7.00. The highest BCUT2D eigenvalue weighted by Crippen LogP contribution is 2.43. The molecule has 0 saturated heterocycles. The third kappa shape index (κ3) is 6.56. The molecule has 59 heavy (non-hydrogen) atoms. The van der Waals surface area contributed by atoms with Crippen molar-refractivity contribution in [1.29, 1.82) is 0 Å². The molecule has 288 valence electrons. The Morgan fingerprint density at radius 2 is 1.02 bits per heavy atom. The molecular weight excluding hydrogens is 737 g/mol. The molecule has 0 unspecified atom stereocenters. The van der Waals surface area contributed by atoms with E-state index in [1.54, 1.807) is 0 Å². The SMILES string of the molecule is CC(C)(C)c1ccc2c(c1)c1cc(C(C)(C)C)ccc1n2-c1ccc(-c2ccc(N(c3ccccc3)c3ccc(-c4ccc5ccccc5c4)cc3)c3nsnc23)cc1. The summed E-state index contributed by atoms with van der Waals surface area (Å²) in [6, 6.07) is 61.9. The molecular formula is C54H46N4S. The second-order valence-corrected chi connectivity index (χ2v) is 18.2. The minimum atomic E-state index is 0.0541. The van der Waals surface area contributed by atoms with Crippen LogP contribution in [-0.4, -0.2) is 13.3 Å². The van der Waals surface area contributed by atoms with Gasteiger partial charge in [-0.25, -0.2) is 0 Å².